The monoisotopic (exact) mass is 705 g/mol. The number of sulfonamides is 1. The molecule has 0 heterocycles. The molecule has 0 aliphatic rings. The molecule has 8 nitrogen and oxygen atoms in total. The number of nitrogens with one attached hydrogen (secondary N) is 2. The fourth-order valence-corrected chi connectivity index (χ4v) is 6.36. The molecule has 5 aromatic carbocycles. The van der Waals surface area contributed by atoms with Crippen molar-refractivity contribution in [2.75, 3.05) is 11.3 Å². The summed E-state index contributed by atoms with van der Waals surface area (Å²) in [6.45, 7) is -0.232. The van der Waals surface area contributed by atoms with Crippen LogP contribution in [0.5, 0.6) is 5.75 Å². The van der Waals surface area contributed by atoms with Crippen molar-refractivity contribution in [3.05, 3.63) is 160 Å². The third-order valence-electron chi connectivity index (χ3n) is 7.25. The Morgan fingerprint density at radius 3 is 2.10 bits per heavy atom. The van der Waals surface area contributed by atoms with Crippen molar-refractivity contribution in [3.8, 4) is 5.75 Å². The van der Waals surface area contributed by atoms with Gasteiger partial charge < -0.3 is 15.0 Å². The maximum atomic E-state index is 13.9. The molecule has 0 unspecified atom stereocenters. The van der Waals surface area contributed by atoms with E-state index in [-0.39, 0.29) is 29.4 Å². The van der Waals surface area contributed by atoms with Gasteiger partial charge in [-0.05, 0) is 77.4 Å². The molecule has 1 atom stereocenters. The molecule has 0 aliphatic carbocycles. The van der Waals surface area contributed by atoms with Crippen LogP contribution in [0.2, 0.25) is 10.0 Å². The molecule has 0 aromatic heterocycles. The largest absolute Gasteiger partial charge is 0.484 e. The summed E-state index contributed by atoms with van der Waals surface area (Å²) in [7, 11) is -3.97. The third-order valence-corrected chi connectivity index (χ3v) is 9.24. The first-order chi connectivity index (χ1) is 23.1. The number of rotatable bonds is 13. The van der Waals surface area contributed by atoms with E-state index >= 15 is 0 Å². The van der Waals surface area contributed by atoms with Crippen molar-refractivity contribution in [1.82, 2.24) is 10.2 Å². The zero-order valence-electron chi connectivity index (χ0n) is 25.4. The molecule has 0 bridgehead atoms. The van der Waals surface area contributed by atoms with Gasteiger partial charge in [-0.25, -0.2) is 12.8 Å². The van der Waals surface area contributed by atoms with Gasteiger partial charge in [-0.3, -0.25) is 14.3 Å². The zero-order chi connectivity index (χ0) is 34.1. The van der Waals surface area contributed by atoms with Crippen molar-refractivity contribution in [1.29, 1.82) is 0 Å². The number of halogens is 3. The summed E-state index contributed by atoms with van der Waals surface area (Å²) < 4.78 is 47.0. The van der Waals surface area contributed by atoms with E-state index in [4.69, 9.17) is 27.9 Å². The summed E-state index contributed by atoms with van der Waals surface area (Å²) in [5.74, 6) is -1.17. The molecule has 12 heteroatoms. The van der Waals surface area contributed by atoms with Crippen LogP contribution in [-0.2, 0) is 32.7 Å². The van der Waals surface area contributed by atoms with Crippen LogP contribution in [0.25, 0.3) is 0 Å². The number of benzene rings is 5. The van der Waals surface area contributed by atoms with Crippen LogP contribution in [0.4, 0.5) is 10.1 Å². The number of nitrogens with zero attached hydrogens (tertiary/aromatic N) is 1. The number of carbonyl (C=O) groups is 2. The minimum absolute atomic E-state index is 0.0576. The van der Waals surface area contributed by atoms with Crippen molar-refractivity contribution >= 4 is 50.7 Å². The molecule has 48 heavy (non-hydrogen) atoms. The first-order valence-corrected chi connectivity index (χ1v) is 16.9. The molecule has 0 saturated heterocycles. The molecule has 2 N–H and O–H groups in total. The summed E-state index contributed by atoms with van der Waals surface area (Å²) in [4.78, 5) is 29.2. The van der Waals surface area contributed by atoms with Crippen LogP contribution < -0.4 is 14.8 Å². The normalized spacial score (nSPS) is 11.7. The van der Waals surface area contributed by atoms with Crippen molar-refractivity contribution in [2.24, 2.45) is 0 Å². The lowest BCUT2D eigenvalue weighted by atomic mass is 10.0. The van der Waals surface area contributed by atoms with Gasteiger partial charge in [0.05, 0.1) is 4.90 Å². The zero-order valence-corrected chi connectivity index (χ0v) is 27.7. The molecule has 2 amide bonds. The Bertz CT molecular complexity index is 1970. The topological polar surface area (TPSA) is 105 Å². The molecule has 0 saturated carbocycles. The molecule has 0 spiro atoms. The molecule has 0 radical (unpaired) electrons. The average Bonchev–Trinajstić information content (AvgIpc) is 3.08. The number of hydrogen-bond acceptors (Lipinski definition) is 5. The van der Waals surface area contributed by atoms with Crippen LogP contribution in [-0.4, -0.2) is 31.7 Å². The number of carbonyl (C=O) groups excluding carboxylic acids is 2. The van der Waals surface area contributed by atoms with E-state index in [0.29, 0.717) is 21.2 Å². The highest BCUT2D eigenvalue weighted by Crippen LogP contribution is 2.26. The second kappa shape index (κ2) is 15.8. The Hall–Kier alpha value is -4.90. The molecule has 0 fully saturated rings. The summed E-state index contributed by atoms with van der Waals surface area (Å²) in [5.41, 5.74) is 2.24. The highest BCUT2D eigenvalue weighted by Gasteiger charge is 2.32. The van der Waals surface area contributed by atoms with Gasteiger partial charge in [-0.2, -0.15) is 0 Å². The fourth-order valence-electron chi connectivity index (χ4n) is 4.83. The van der Waals surface area contributed by atoms with Gasteiger partial charge in [0.15, 0.2) is 6.61 Å². The quantitative estimate of drug-likeness (QED) is 0.133. The molecule has 246 valence electrons. The maximum Gasteiger partial charge on any atom is 0.261 e. The standard InChI is InChI=1S/C36H30Cl2FN3O5S/c37-28-12-11-27(33(38)21-28)22-40-36(44)35(26-9-5-2-6-10-26)42(23-25-7-3-1-4-8-25)34(43)24-47-31-17-19-32(20-18-31)48(45,46)41-30-15-13-29(39)14-16-30/h1-21,35,41H,22-24H2,(H,40,44)/t35-/m0/s1. The lowest BCUT2D eigenvalue weighted by Gasteiger charge is -2.31. The molecule has 0 aliphatic heterocycles. The van der Waals surface area contributed by atoms with Crippen LogP contribution in [0.3, 0.4) is 0 Å². The predicted octanol–water partition coefficient (Wildman–Crippen LogP) is 7.40. The lowest BCUT2D eigenvalue weighted by Crippen LogP contribution is -2.45. The Balaban J connectivity index is 1.35. The van der Waals surface area contributed by atoms with E-state index < -0.39 is 40.3 Å². The molecule has 5 aromatic rings. The van der Waals surface area contributed by atoms with Crippen LogP contribution in [0.15, 0.2) is 132 Å². The third kappa shape index (κ3) is 9.13. The van der Waals surface area contributed by atoms with E-state index in [9.17, 15) is 22.4 Å². The maximum absolute atomic E-state index is 13.9. The second-order valence-electron chi connectivity index (χ2n) is 10.6. The van der Waals surface area contributed by atoms with Crippen LogP contribution in [0, 0.1) is 5.82 Å². The first-order valence-electron chi connectivity index (χ1n) is 14.7. The van der Waals surface area contributed by atoms with Gasteiger partial charge in [0, 0.05) is 28.8 Å². The van der Waals surface area contributed by atoms with Gasteiger partial charge in [0.25, 0.3) is 15.9 Å². The Morgan fingerprint density at radius 1 is 0.812 bits per heavy atom. The SMILES string of the molecule is O=C(NCc1ccc(Cl)cc1Cl)[C@H](c1ccccc1)N(Cc1ccccc1)C(=O)COc1ccc(S(=O)(=O)Nc2ccc(F)cc2)cc1. The minimum atomic E-state index is -3.97. The Morgan fingerprint density at radius 2 is 1.46 bits per heavy atom. The number of anilines is 1. The summed E-state index contributed by atoms with van der Waals surface area (Å²) in [6.07, 6.45) is 0. The Kier molecular flexibility index (Phi) is 11.3. The highest BCUT2D eigenvalue weighted by atomic mass is 35.5. The van der Waals surface area contributed by atoms with Gasteiger partial charge in [-0.1, -0.05) is 89.9 Å². The molecular formula is C36H30Cl2FN3O5S. The lowest BCUT2D eigenvalue weighted by molar-refractivity contribution is -0.143. The molecule has 5 rings (SSSR count). The Labute approximate surface area is 288 Å². The average molecular weight is 707 g/mol. The number of amides is 2. The van der Waals surface area contributed by atoms with Crippen LogP contribution in [0.1, 0.15) is 22.7 Å². The van der Waals surface area contributed by atoms with E-state index in [1.165, 1.54) is 41.3 Å². The minimum Gasteiger partial charge on any atom is -0.484 e. The summed E-state index contributed by atoms with van der Waals surface area (Å²) in [6, 6.07) is 32.6. The second-order valence-corrected chi connectivity index (χ2v) is 13.2. The summed E-state index contributed by atoms with van der Waals surface area (Å²) >= 11 is 12.4. The van der Waals surface area contributed by atoms with Gasteiger partial charge >= 0.3 is 0 Å². The van der Waals surface area contributed by atoms with E-state index in [1.54, 1.807) is 42.5 Å². The van der Waals surface area contributed by atoms with Crippen LogP contribution >= 0.6 is 23.2 Å². The van der Waals surface area contributed by atoms with E-state index in [0.717, 1.165) is 17.7 Å². The van der Waals surface area contributed by atoms with E-state index in [2.05, 4.69) is 10.0 Å². The first kappa shape index (κ1) is 34.4. The van der Waals surface area contributed by atoms with Crippen molar-refractivity contribution in [2.45, 2.75) is 24.0 Å². The predicted molar refractivity (Wildman–Crippen MR) is 184 cm³/mol. The smallest absolute Gasteiger partial charge is 0.261 e. The molecular weight excluding hydrogens is 676 g/mol. The van der Waals surface area contributed by atoms with Gasteiger partial charge in [0.2, 0.25) is 5.91 Å². The van der Waals surface area contributed by atoms with Gasteiger partial charge in [0.1, 0.15) is 17.6 Å². The van der Waals surface area contributed by atoms with Crippen molar-refractivity contribution < 1.29 is 27.1 Å². The number of ether oxygens (including phenoxy) is 1. The van der Waals surface area contributed by atoms with Crippen molar-refractivity contribution in [3.63, 3.8) is 0 Å². The fraction of sp³-hybridized carbons (Fsp3) is 0.111. The van der Waals surface area contributed by atoms with E-state index in [1.807, 2.05) is 36.4 Å². The number of hydrogen-bond donors (Lipinski definition) is 2. The summed E-state index contributed by atoms with van der Waals surface area (Å²) in [5, 5.41) is 3.78. The van der Waals surface area contributed by atoms with Gasteiger partial charge in [-0.15, -0.1) is 0 Å². The highest BCUT2D eigenvalue weighted by molar-refractivity contribution is 7.92.